The summed E-state index contributed by atoms with van der Waals surface area (Å²) >= 11 is 0. The van der Waals surface area contributed by atoms with E-state index in [4.69, 9.17) is 4.98 Å². The number of anilines is 2. The number of pyridine rings is 1. The molecule has 3 aromatic heterocycles. The molecule has 1 unspecified atom stereocenters. The monoisotopic (exact) mass is 499 g/mol. The summed E-state index contributed by atoms with van der Waals surface area (Å²) in [5.41, 5.74) is 2.94. The summed E-state index contributed by atoms with van der Waals surface area (Å²) < 4.78 is 1.94. The van der Waals surface area contributed by atoms with Crippen molar-refractivity contribution < 1.29 is 4.79 Å². The molecule has 2 aliphatic rings. The molecule has 0 aliphatic carbocycles. The highest BCUT2D eigenvalue weighted by atomic mass is 16.2. The maximum atomic E-state index is 12.8. The number of hydrogen-bond donors (Lipinski definition) is 0. The Morgan fingerprint density at radius 2 is 1.97 bits per heavy atom. The van der Waals surface area contributed by atoms with Crippen LogP contribution >= 0.6 is 0 Å². The normalized spacial score (nSPS) is 17.5. The molecule has 192 valence electrons. The molecule has 2 fully saturated rings. The Morgan fingerprint density at radius 3 is 2.62 bits per heavy atom. The largest absolute Gasteiger partial charge is 0.369 e. The topological polar surface area (TPSA) is 107 Å². The molecule has 0 spiro atoms. The first-order valence-electron chi connectivity index (χ1n) is 12.7. The standard InChI is InChI=1S/C25H27N9O.C2H6/c1-17(13-27-3)25(35)33-10-9-32(14-18(33)2)23-22-20(31-7-4-8-31)15-34(24(22)30-16-29-23)21-11-19(12-26)5-6-28-21;1-2/h5-6,11,13,15-16,18H,3-4,7-10,14H2,1-2H3;1-2H3/b17-13+;. The van der Waals surface area contributed by atoms with E-state index in [0.717, 1.165) is 42.0 Å². The Morgan fingerprint density at radius 1 is 1.19 bits per heavy atom. The molecule has 0 radical (unpaired) electrons. The molecule has 0 saturated carbocycles. The number of hydrogen-bond acceptors (Lipinski definition) is 8. The predicted molar refractivity (Wildman–Crippen MR) is 146 cm³/mol. The number of aliphatic imine (C=N–C) groups is 1. The maximum Gasteiger partial charge on any atom is 0.251 e. The number of carbonyl (C=O) groups excluding carboxylic acids is 1. The summed E-state index contributed by atoms with van der Waals surface area (Å²) in [5, 5.41) is 10.3. The van der Waals surface area contributed by atoms with Crippen molar-refractivity contribution in [3.63, 3.8) is 0 Å². The molecular formula is C27H33N9O. The second-order valence-electron chi connectivity index (χ2n) is 8.92. The average Bonchev–Trinajstić information content (AvgIpc) is 3.28. The maximum absolute atomic E-state index is 12.8. The zero-order valence-electron chi connectivity index (χ0n) is 21.9. The second kappa shape index (κ2) is 11.2. The molecular weight excluding hydrogens is 466 g/mol. The van der Waals surface area contributed by atoms with Crippen LogP contribution in [0.3, 0.4) is 0 Å². The van der Waals surface area contributed by atoms with Crippen molar-refractivity contribution >= 4 is 35.2 Å². The number of amides is 1. The van der Waals surface area contributed by atoms with E-state index >= 15 is 0 Å². The number of fused-ring (bicyclic) bond motifs is 1. The van der Waals surface area contributed by atoms with Gasteiger partial charge < -0.3 is 14.7 Å². The number of nitrogens with zero attached hydrogens (tertiary/aromatic N) is 9. The molecule has 2 saturated heterocycles. The zero-order chi connectivity index (χ0) is 26.5. The molecule has 10 heteroatoms. The van der Waals surface area contributed by atoms with E-state index in [0.29, 0.717) is 36.6 Å². The first kappa shape index (κ1) is 25.8. The minimum atomic E-state index is -0.0201. The Hall–Kier alpha value is -4.26. The van der Waals surface area contributed by atoms with Crippen LogP contribution in [0.4, 0.5) is 11.5 Å². The average molecular weight is 500 g/mol. The van der Waals surface area contributed by atoms with Crippen LogP contribution in [0.5, 0.6) is 0 Å². The Labute approximate surface area is 217 Å². The summed E-state index contributed by atoms with van der Waals surface area (Å²) in [6.45, 7) is 15.1. The van der Waals surface area contributed by atoms with Crippen LogP contribution in [-0.4, -0.2) is 75.8 Å². The fourth-order valence-electron chi connectivity index (χ4n) is 4.73. The number of carbonyl (C=O) groups is 1. The van der Waals surface area contributed by atoms with Gasteiger partial charge in [-0.1, -0.05) is 13.8 Å². The van der Waals surface area contributed by atoms with Gasteiger partial charge in [-0.15, -0.1) is 0 Å². The first-order valence-corrected chi connectivity index (χ1v) is 12.7. The summed E-state index contributed by atoms with van der Waals surface area (Å²) in [5.74, 6) is 1.48. The summed E-state index contributed by atoms with van der Waals surface area (Å²) in [4.78, 5) is 36.8. The van der Waals surface area contributed by atoms with Gasteiger partial charge in [0.05, 0.1) is 22.7 Å². The Bertz CT molecular complexity index is 1370. The lowest BCUT2D eigenvalue weighted by Crippen LogP contribution is -2.54. The van der Waals surface area contributed by atoms with Crippen molar-refractivity contribution in [1.82, 2.24) is 24.4 Å². The van der Waals surface area contributed by atoms with Crippen molar-refractivity contribution in [2.24, 2.45) is 4.99 Å². The van der Waals surface area contributed by atoms with Crippen LogP contribution in [0.25, 0.3) is 16.9 Å². The zero-order valence-corrected chi connectivity index (χ0v) is 21.9. The van der Waals surface area contributed by atoms with Crippen LogP contribution in [0.1, 0.15) is 39.7 Å². The molecule has 0 bridgehead atoms. The molecule has 3 aromatic rings. The molecule has 1 amide bonds. The van der Waals surface area contributed by atoms with Gasteiger partial charge in [-0.05, 0) is 39.1 Å². The minimum Gasteiger partial charge on any atom is -0.369 e. The smallest absolute Gasteiger partial charge is 0.251 e. The molecule has 5 rings (SSSR count). The van der Waals surface area contributed by atoms with Gasteiger partial charge in [-0.3, -0.25) is 14.4 Å². The van der Waals surface area contributed by atoms with Crippen LogP contribution in [0.15, 0.2) is 47.6 Å². The highest BCUT2D eigenvalue weighted by Gasteiger charge is 2.32. The van der Waals surface area contributed by atoms with E-state index < -0.39 is 0 Å². The number of piperazine rings is 1. The molecule has 10 nitrogen and oxygen atoms in total. The van der Waals surface area contributed by atoms with Gasteiger partial charge in [0.1, 0.15) is 18.0 Å². The molecule has 0 aromatic carbocycles. The van der Waals surface area contributed by atoms with E-state index in [1.807, 2.05) is 29.5 Å². The Balaban J connectivity index is 0.00000156. The van der Waals surface area contributed by atoms with Crippen molar-refractivity contribution in [1.29, 1.82) is 5.26 Å². The van der Waals surface area contributed by atoms with Crippen molar-refractivity contribution in [2.75, 3.05) is 42.5 Å². The minimum absolute atomic E-state index is 0.00190. The van der Waals surface area contributed by atoms with Crippen molar-refractivity contribution in [3.05, 3.63) is 48.2 Å². The number of rotatable bonds is 5. The van der Waals surface area contributed by atoms with Crippen molar-refractivity contribution in [2.45, 2.75) is 40.2 Å². The van der Waals surface area contributed by atoms with Gasteiger partial charge in [0.15, 0.2) is 5.65 Å². The summed E-state index contributed by atoms with van der Waals surface area (Å²) in [6.07, 6.45) is 7.91. The van der Waals surface area contributed by atoms with Gasteiger partial charge in [0.2, 0.25) is 0 Å². The van der Waals surface area contributed by atoms with Crippen LogP contribution in [0.2, 0.25) is 0 Å². The van der Waals surface area contributed by atoms with Crippen molar-refractivity contribution in [3.8, 4) is 11.9 Å². The summed E-state index contributed by atoms with van der Waals surface area (Å²) in [6, 6.07) is 5.64. The lowest BCUT2D eigenvalue weighted by molar-refractivity contribution is -0.129. The fourth-order valence-corrected chi connectivity index (χ4v) is 4.73. The SMILES string of the molecule is C=N/C=C(\C)C(=O)N1CCN(c2ncnc3c2c(N2CCC2)cn3-c2cc(C#N)ccn2)CC1C.CC. The second-order valence-corrected chi connectivity index (χ2v) is 8.92. The molecule has 0 N–H and O–H groups in total. The van der Waals surface area contributed by atoms with Gasteiger partial charge in [0.25, 0.3) is 5.91 Å². The quantitative estimate of drug-likeness (QED) is 0.390. The van der Waals surface area contributed by atoms with Gasteiger partial charge >= 0.3 is 0 Å². The molecule has 5 heterocycles. The number of aromatic nitrogens is 4. The van der Waals surface area contributed by atoms with E-state index in [1.165, 1.54) is 6.20 Å². The predicted octanol–water partition coefficient (Wildman–Crippen LogP) is 3.56. The third kappa shape index (κ3) is 4.89. The lowest BCUT2D eigenvalue weighted by atomic mass is 10.1. The van der Waals surface area contributed by atoms with Crippen LogP contribution in [0, 0.1) is 11.3 Å². The van der Waals surface area contributed by atoms with Crippen LogP contribution < -0.4 is 9.80 Å². The van der Waals surface area contributed by atoms with E-state index in [2.05, 4.69) is 44.5 Å². The highest BCUT2D eigenvalue weighted by Crippen LogP contribution is 2.38. The van der Waals surface area contributed by atoms with Crippen LogP contribution in [-0.2, 0) is 4.79 Å². The molecule has 1 atom stereocenters. The summed E-state index contributed by atoms with van der Waals surface area (Å²) in [7, 11) is 0. The third-order valence-corrected chi connectivity index (χ3v) is 6.67. The van der Waals surface area contributed by atoms with Gasteiger partial charge in [-0.2, -0.15) is 5.26 Å². The van der Waals surface area contributed by atoms with Gasteiger partial charge in [0, 0.05) is 62.9 Å². The molecule has 37 heavy (non-hydrogen) atoms. The Kier molecular flexibility index (Phi) is 7.82. The molecule has 2 aliphatic heterocycles. The highest BCUT2D eigenvalue weighted by molar-refractivity contribution is 6.01. The third-order valence-electron chi connectivity index (χ3n) is 6.67. The fraction of sp³-hybridized carbons (Fsp3) is 0.407. The first-order chi connectivity index (χ1) is 18.0. The van der Waals surface area contributed by atoms with E-state index in [9.17, 15) is 10.1 Å². The van der Waals surface area contributed by atoms with Gasteiger partial charge in [-0.25, -0.2) is 15.0 Å². The number of nitriles is 1. The van der Waals surface area contributed by atoms with E-state index in [1.54, 1.807) is 31.6 Å². The van der Waals surface area contributed by atoms with E-state index in [-0.39, 0.29) is 11.9 Å². The lowest BCUT2D eigenvalue weighted by Gasteiger charge is -2.41.